The molecule has 4 aromatic rings. The molecule has 0 spiro atoms. The van der Waals surface area contributed by atoms with Crippen LogP contribution < -0.4 is 10.5 Å². The van der Waals surface area contributed by atoms with E-state index in [1.165, 1.54) is 11.8 Å². The number of nitrogens with one attached hydrogen (secondary N) is 2. The van der Waals surface area contributed by atoms with Crippen molar-refractivity contribution in [1.29, 1.82) is 0 Å². The van der Waals surface area contributed by atoms with Crippen LogP contribution in [0.15, 0.2) is 44.7 Å². The van der Waals surface area contributed by atoms with Crippen molar-refractivity contribution in [3.8, 4) is 5.75 Å². The summed E-state index contributed by atoms with van der Waals surface area (Å²) in [5, 5.41) is 11.5. The van der Waals surface area contributed by atoms with Gasteiger partial charge in [0.25, 0.3) is 0 Å². The number of ether oxygens (including phenoxy) is 1. The summed E-state index contributed by atoms with van der Waals surface area (Å²) in [7, 11) is 0. The number of imidazole rings is 1. The van der Waals surface area contributed by atoms with Crippen molar-refractivity contribution in [2.45, 2.75) is 18.2 Å². The van der Waals surface area contributed by atoms with Gasteiger partial charge in [-0.25, -0.2) is 9.78 Å². The lowest BCUT2D eigenvalue weighted by Gasteiger charge is -2.11. The van der Waals surface area contributed by atoms with Crippen LogP contribution in [0, 0.1) is 6.92 Å². The van der Waals surface area contributed by atoms with Crippen LogP contribution >= 0.6 is 23.4 Å². The van der Waals surface area contributed by atoms with Crippen LogP contribution in [0.3, 0.4) is 0 Å². The van der Waals surface area contributed by atoms with E-state index in [9.17, 15) is 9.90 Å². The molecular formula is C18H16ClN3O4S. The number of hydrogen-bond acceptors (Lipinski definition) is 6. The number of rotatable bonds is 6. The number of oxazole rings is 1. The number of halogens is 1. The topological polar surface area (TPSA) is 104 Å². The van der Waals surface area contributed by atoms with Gasteiger partial charge in [-0.15, -0.1) is 0 Å². The Bertz CT molecular complexity index is 1130. The summed E-state index contributed by atoms with van der Waals surface area (Å²) >= 11 is 7.52. The van der Waals surface area contributed by atoms with Crippen LogP contribution in [0.4, 0.5) is 0 Å². The highest BCUT2D eigenvalue weighted by Crippen LogP contribution is 2.25. The molecule has 2 aromatic heterocycles. The fraction of sp³-hybridized carbons (Fsp3) is 0.222. The minimum absolute atomic E-state index is 0.109. The zero-order chi connectivity index (χ0) is 19.0. The highest BCUT2D eigenvalue weighted by Gasteiger charge is 2.11. The Morgan fingerprint density at radius 1 is 1.30 bits per heavy atom. The highest BCUT2D eigenvalue weighted by molar-refractivity contribution is 7.99. The normalized spacial score (nSPS) is 12.7. The first kappa shape index (κ1) is 18.0. The van der Waals surface area contributed by atoms with Crippen LogP contribution in [0.5, 0.6) is 5.75 Å². The quantitative estimate of drug-likeness (QED) is 0.424. The second-order valence-corrected chi connectivity index (χ2v) is 7.52. The summed E-state index contributed by atoms with van der Waals surface area (Å²) in [6, 6.07) is 8.78. The van der Waals surface area contributed by atoms with Gasteiger partial charge in [0, 0.05) is 16.8 Å². The van der Waals surface area contributed by atoms with Gasteiger partial charge in [0.2, 0.25) is 0 Å². The number of aliphatic hydroxyl groups excluding tert-OH is 1. The average Bonchev–Trinajstić information content (AvgIpc) is 3.19. The molecule has 0 aliphatic rings. The van der Waals surface area contributed by atoms with Gasteiger partial charge in [-0.2, -0.15) is 0 Å². The van der Waals surface area contributed by atoms with Crippen molar-refractivity contribution in [3.05, 3.63) is 51.5 Å². The van der Waals surface area contributed by atoms with Gasteiger partial charge >= 0.3 is 5.76 Å². The van der Waals surface area contributed by atoms with Crippen LogP contribution in [0.1, 0.15) is 5.56 Å². The lowest BCUT2D eigenvalue weighted by molar-refractivity contribution is 0.126. The van der Waals surface area contributed by atoms with Crippen molar-refractivity contribution in [1.82, 2.24) is 15.0 Å². The van der Waals surface area contributed by atoms with E-state index < -0.39 is 11.9 Å². The van der Waals surface area contributed by atoms with E-state index in [0.29, 0.717) is 32.8 Å². The van der Waals surface area contributed by atoms with Gasteiger partial charge in [-0.1, -0.05) is 23.4 Å². The lowest BCUT2D eigenvalue weighted by Crippen LogP contribution is -2.20. The number of hydrogen-bond donors (Lipinski definition) is 3. The molecule has 0 fully saturated rings. The molecule has 0 aliphatic heterocycles. The third kappa shape index (κ3) is 3.97. The predicted molar refractivity (Wildman–Crippen MR) is 105 cm³/mol. The van der Waals surface area contributed by atoms with E-state index in [2.05, 4.69) is 15.0 Å². The Morgan fingerprint density at radius 3 is 3.00 bits per heavy atom. The Kier molecular flexibility index (Phi) is 4.86. The number of aliphatic hydroxyl groups is 1. The second kappa shape index (κ2) is 7.30. The maximum absolute atomic E-state index is 11.2. The first-order chi connectivity index (χ1) is 13.0. The second-order valence-electron chi connectivity index (χ2n) is 6.11. The van der Waals surface area contributed by atoms with Crippen LogP contribution in [-0.4, -0.2) is 38.5 Å². The number of aromatic amines is 2. The number of thioether (sulfide) groups is 1. The Labute approximate surface area is 162 Å². The monoisotopic (exact) mass is 405 g/mol. The molecular weight excluding hydrogens is 390 g/mol. The molecule has 27 heavy (non-hydrogen) atoms. The average molecular weight is 406 g/mol. The van der Waals surface area contributed by atoms with Gasteiger partial charge in [0.05, 0.1) is 22.7 Å². The molecule has 0 aliphatic carbocycles. The third-order valence-electron chi connectivity index (χ3n) is 3.99. The number of benzene rings is 2. The molecule has 0 bridgehead atoms. The van der Waals surface area contributed by atoms with Gasteiger partial charge in [-0.05, 0) is 36.8 Å². The highest BCUT2D eigenvalue weighted by atomic mass is 35.5. The zero-order valence-corrected chi connectivity index (χ0v) is 15.9. The van der Waals surface area contributed by atoms with Crippen molar-refractivity contribution < 1.29 is 14.3 Å². The van der Waals surface area contributed by atoms with Crippen LogP contribution in [0.2, 0.25) is 5.02 Å². The van der Waals surface area contributed by atoms with Crippen LogP contribution in [-0.2, 0) is 0 Å². The molecule has 0 saturated heterocycles. The molecule has 9 heteroatoms. The SMILES string of the molecule is Cc1cc2[nH]c(SCC(O)COc3ccc4[nH]c(=O)oc4c3)nc2cc1Cl. The predicted octanol–water partition coefficient (Wildman–Crippen LogP) is 3.49. The number of nitrogens with zero attached hydrogens (tertiary/aromatic N) is 1. The van der Waals surface area contributed by atoms with Crippen LogP contribution in [0.25, 0.3) is 22.1 Å². The summed E-state index contributed by atoms with van der Waals surface area (Å²) < 4.78 is 10.6. The summed E-state index contributed by atoms with van der Waals surface area (Å²) in [6.45, 7) is 2.05. The molecule has 0 saturated carbocycles. The summed E-state index contributed by atoms with van der Waals surface area (Å²) in [5.74, 6) is 0.414. The first-order valence-electron chi connectivity index (χ1n) is 8.20. The Hall–Kier alpha value is -2.42. The fourth-order valence-electron chi connectivity index (χ4n) is 2.62. The molecule has 7 nitrogen and oxygen atoms in total. The number of H-pyrrole nitrogens is 2. The van der Waals surface area contributed by atoms with Crippen molar-refractivity contribution in [3.63, 3.8) is 0 Å². The third-order valence-corrected chi connectivity index (χ3v) is 5.41. The molecule has 2 aromatic carbocycles. The standard InChI is InChI=1S/C18H16ClN3O4S/c1-9-4-14-15(6-12(9)19)21-17(20-14)27-8-10(23)7-25-11-2-3-13-16(5-11)26-18(24)22-13/h2-6,10,23H,7-8H2,1H3,(H,20,21)(H,22,24). The van der Waals surface area contributed by atoms with Crippen molar-refractivity contribution >= 4 is 45.5 Å². The van der Waals surface area contributed by atoms with Gasteiger partial charge in [0.1, 0.15) is 12.4 Å². The largest absolute Gasteiger partial charge is 0.491 e. The van der Waals surface area contributed by atoms with Gasteiger partial charge in [-0.3, -0.25) is 4.98 Å². The minimum Gasteiger partial charge on any atom is -0.491 e. The van der Waals surface area contributed by atoms with E-state index in [1.54, 1.807) is 18.2 Å². The van der Waals surface area contributed by atoms with E-state index in [0.717, 1.165) is 16.6 Å². The lowest BCUT2D eigenvalue weighted by atomic mass is 10.2. The Balaban J connectivity index is 1.34. The minimum atomic E-state index is -0.692. The molecule has 2 heterocycles. The van der Waals surface area contributed by atoms with Crippen molar-refractivity contribution in [2.75, 3.05) is 12.4 Å². The molecule has 4 rings (SSSR count). The van der Waals surface area contributed by atoms with Gasteiger partial charge in [0.15, 0.2) is 10.7 Å². The molecule has 1 atom stereocenters. The maximum atomic E-state index is 11.2. The Morgan fingerprint density at radius 2 is 2.15 bits per heavy atom. The summed E-state index contributed by atoms with van der Waals surface area (Å²) in [4.78, 5) is 21.4. The molecule has 0 radical (unpaired) electrons. The molecule has 0 amide bonds. The number of aromatic nitrogens is 3. The van der Waals surface area contributed by atoms with E-state index in [4.69, 9.17) is 20.8 Å². The fourth-order valence-corrected chi connectivity index (χ4v) is 3.57. The van der Waals surface area contributed by atoms with Gasteiger partial charge < -0.3 is 19.2 Å². The van der Waals surface area contributed by atoms with Crippen molar-refractivity contribution in [2.24, 2.45) is 0 Å². The molecule has 1 unspecified atom stereocenters. The first-order valence-corrected chi connectivity index (χ1v) is 9.57. The molecule has 3 N–H and O–H groups in total. The van der Waals surface area contributed by atoms with E-state index in [-0.39, 0.29) is 6.61 Å². The summed E-state index contributed by atoms with van der Waals surface area (Å²) in [5.41, 5.74) is 3.70. The van der Waals surface area contributed by atoms with E-state index in [1.807, 2.05) is 19.1 Å². The number of aryl methyl sites for hydroxylation is 1. The zero-order valence-electron chi connectivity index (χ0n) is 14.3. The number of fused-ring (bicyclic) bond motifs is 2. The van der Waals surface area contributed by atoms with E-state index >= 15 is 0 Å². The molecule has 140 valence electrons. The summed E-state index contributed by atoms with van der Waals surface area (Å²) in [6.07, 6.45) is -0.692. The maximum Gasteiger partial charge on any atom is 0.417 e. The smallest absolute Gasteiger partial charge is 0.417 e.